The maximum atomic E-state index is 11.6. The quantitative estimate of drug-likeness (QED) is 0.629. The maximum Gasteiger partial charge on any atom is 0.134 e. The van der Waals surface area contributed by atoms with Gasteiger partial charge in [0, 0.05) is 24.5 Å². The highest BCUT2D eigenvalue weighted by Gasteiger charge is 2.19. The van der Waals surface area contributed by atoms with E-state index in [1.807, 2.05) is 20.8 Å². The van der Waals surface area contributed by atoms with Crippen molar-refractivity contribution >= 4 is 5.69 Å². The maximum absolute atomic E-state index is 11.6. The summed E-state index contributed by atoms with van der Waals surface area (Å²) in [5.41, 5.74) is 0.430. The molecule has 1 aromatic rings. The van der Waals surface area contributed by atoms with Crippen molar-refractivity contribution in [1.82, 2.24) is 4.98 Å². The minimum atomic E-state index is -0.304. The highest BCUT2D eigenvalue weighted by Crippen LogP contribution is 2.02. The number of hydroxylamine groups is 1. The third-order valence-corrected chi connectivity index (χ3v) is 1.62. The van der Waals surface area contributed by atoms with Crippen LogP contribution < -0.4 is 5.06 Å². The Morgan fingerprint density at radius 1 is 1.25 bits per heavy atom. The van der Waals surface area contributed by atoms with Crippen molar-refractivity contribution in [3.8, 4) is 0 Å². The van der Waals surface area contributed by atoms with Crippen molar-refractivity contribution in [1.29, 1.82) is 0 Å². The Morgan fingerprint density at radius 2 is 1.75 bits per heavy atom. The predicted molar refractivity (Wildman–Crippen MR) is 48.0 cm³/mol. The molecule has 1 unspecified atom stereocenters. The van der Waals surface area contributed by atoms with Crippen molar-refractivity contribution in [2.75, 3.05) is 0 Å². The molecular formula is C9H14N2O. The Hall–Kier alpha value is -0.930. The van der Waals surface area contributed by atoms with Gasteiger partial charge in [-0.05, 0) is 20.8 Å². The van der Waals surface area contributed by atoms with Gasteiger partial charge < -0.3 is 10.3 Å². The molecule has 66 valence electrons. The van der Waals surface area contributed by atoms with Gasteiger partial charge in [-0.15, -0.1) is 0 Å². The summed E-state index contributed by atoms with van der Waals surface area (Å²) in [4.78, 5) is 3.86. The van der Waals surface area contributed by atoms with Crippen molar-refractivity contribution in [3.05, 3.63) is 29.7 Å². The van der Waals surface area contributed by atoms with Crippen LogP contribution in [0.2, 0.25) is 0 Å². The van der Waals surface area contributed by atoms with Gasteiger partial charge in [0.1, 0.15) is 5.69 Å². The molecule has 0 radical (unpaired) electrons. The molecule has 0 bridgehead atoms. The van der Waals surface area contributed by atoms with Gasteiger partial charge >= 0.3 is 0 Å². The monoisotopic (exact) mass is 166 g/mol. The normalized spacial score (nSPS) is 14.3. The lowest BCUT2D eigenvalue weighted by atomic mass is 10.1. The van der Waals surface area contributed by atoms with E-state index < -0.39 is 0 Å². The van der Waals surface area contributed by atoms with Gasteiger partial charge in [0.25, 0.3) is 0 Å². The lowest BCUT2D eigenvalue weighted by Crippen LogP contribution is -3.10. The number of pyridine rings is 1. The molecule has 0 aromatic carbocycles. The Morgan fingerprint density at radius 3 is 2.17 bits per heavy atom. The van der Waals surface area contributed by atoms with Crippen LogP contribution in [0.1, 0.15) is 20.8 Å². The molecule has 1 heterocycles. The molecule has 0 amide bonds. The van der Waals surface area contributed by atoms with E-state index in [1.54, 1.807) is 24.5 Å². The standard InChI is InChI=1S/C9H14N2O/c1-9(2,3)11(12)8-4-6-10-7-5-8/h4-7,11H,1-3H3. The zero-order valence-corrected chi connectivity index (χ0v) is 7.66. The summed E-state index contributed by atoms with van der Waals surface area (Å²) in [6.07, 6.45) is 3.28. The third-order valence-electron chi connectivity index (χ3n) is 1.62. The van der Waals surface area contributed by atoms with Gasteiger partial charge in [-0.3, -0.25) is 4.98 Å². The van der Waals surface area contributed by atoms with Gasteiger partial charge in [0.05, 0.1) is 5.54 Å². The van der Waals surface area contributed by atoms with Gasteiger partial charge in [-0.2, -0.15) is 0 Å². The number of nitrogens with one attached hydrogen (secondary N) is 1. The molecule has 0 saturated carbocycles. The van der Waals surface area contributed by atoms with Gasteiger partial charge in [0.2, 0.25) is 0 Å². The Balaban J connectivity index is 2.86. The SMILES string of the molecule is CC(C)(C)[NH+]([O-])c1ccncc1. The summed E-state index contributed by atoms with van der Waals surface area (Å²) in [6.45, 7) is 5.74. The first-order chi connectivity index (χ1) is 5.52. The molecule has 0 aliphatic carbocycles. The highest BCUT2D eigenvalue weighted by molar-refractivity contribution is 5.25. The van der Waals surface area contributed by atoms with Crippen LogP contribution >= 0.6 is 0 Å². The number of quaternary nitrogens is 1. The Kier molecular flexibility index (Phi) is 2.45. The first-order valence-electron chi connectivity index (χ1n) is 3.96. The second-order valence-corrected chi connectivity index (χ2v) is 3.82. The number of rotatable bonds is 1. The number of hydrogen-bond donors (Lipinski definition) is 1. The molecule has 1 N–H and O–H groups in total. The minimum Gasteiger partial charge on any atom is -0.628 e. The van der Waals surface area contributed by atoms with Gasteiger partial charge in [-0.25, -0.2) is 0 Å². The van der Waals surface area contributed by atoms with E-state index in [-0.39, 0.29) is 10.6 Å². The fourth-order valence-corrected chi connectivity index (χ4v) is 0.936. The summed E-state index contributed by atoms with van der Waals surface area (Å²) >= 11 is 0. The fourth-order valence-electron chi connectivity index (χ4n) is 0.936. The zero-order chi connectivity index (χ0) is 9.19. The molecule has 1 aromatic heterocycles. The third kappa shape index (κ3) is 2.03. The number of hydrogen-bond acceptors (Lipinski definition) is 2. The van der Waals surface area contributed by atoms with E-state index in [9.17, 15) is 5.21 Å². The predicted octanol–water partition coefficient (Wildman–Crippen LogP) is 0.894. The van der Waals surface area contributed by atoms with E-state index in [2.05, 4.69) is 4.98 Å². The van der Waals surface area contributed by atoms with Crippen LogP contribution in [0.3, 0.4) is 0 Å². The highest BCUT2D eigenvalue weighted by atomic mass is 16.5. The molecule has 3 nitrogen and oxygen atoms in total. The van der Waals surface area contributed by atoms with E-state index in [0.717, 1.165) is 5.69 Å². The Bertz CT molecular complexity index is 240. The van der Waals surface area contributed by atoms with Crippen molar-refractivity contribution in [2.45, 2.75) is 26.3 Å². The van der Waals surface area contributed by atoms with Crippen LogP contribution in [0.4, 0.5) is 5.69 Å². The molecule has 0 fully saturated rings. The van der Waals surface area contributed by atoms with E-state index >= 15 is 0 Å². The van der Waals surface area contributed by atoms with Crippen LogP contribution in [0, 0.1) is 5.21 Å². The average molecular weight is 166 g/mol. The lowest BCUT2D eigenvalue weighted by molar-refractivity contribution is -0.832. The Labute approximate surface area is 72.6 Å². The molecule has 3 heteroatoms. The first-order valence-corrected chi connectivity index (χ1v) is 3.96. The van der Waals surface area contributed by atoms with Crippen LogP contribution in [0.15, 0.2) is 24.5 Å². The lowest BCUT2D eigenvalue weighted by Gasteiger charge is -2.34. The van der Waals surface area contributed by atoms with Crippen molar-refractivity contribution in [2.24, 2.45) is 0 Å². The molecule has 1 atom stereocenters. The topological polar surface area (TPSA) is 40.4 Å². The molecule has 0 saturated heterocycles. The van der Waals surface area contributed by atoms with Crippen molar-refractivity contribution < 1.29 is 5.06 Å². The summed E-state index contributed by atoms with van der Waals surface area (Å²) in [5, 5.41) is 11.8. The van der Waals surface area contributed by atoms with Crippen molar-refractivity contribution in [3.63, 3.8) is 0 Å². The molecule has 0 aliphatic rings. The van der Waals surface area contributed by atoms with E-state index in [1.165, 1.54) is 0 Å². The number of aromatic nitrogens is 1. The second kappa shape index (κ2) is 3.21. The van der Waals surface area contributed by atoms with E-state index in [0.29, 0.717) is 0 Å². The van der Waals surface area contributed by atoms with Gasteiger partial charge in [-0.1, -0.05) is 0 Å². The zero-order valence-electron chi connectivity index (χ0n) is 7.66. The molecule has 0 spiro atoms. The smallest absolute Gasteiger partial charge is 0.134 e. The largest absolute Gasteiger partial charge is 0.628 e. The second-order valence-electron chi connectivity index (χ2n) is 3.82. The number of nitrogens with zero attached hydrogens (tertiary/aromatic N) is 1. The molecular weight excluding hydrogens is 152 g/mol. The summed E-state index contributed by atoms with van der Waals surface area (Å²) in [7, 11) is 0. The van der Waals surface area contributed by atoms with Crippen LogP contribution in [0.5, 0.6) is 0 Å². The molecule has 0 aliphatic heterocycles. The summed E-state index contributed by atoms with van der Waals surface area (Å²) in [6, 6.07) is 3.49. The summed E-state index contributed by atoms with van der Waals surface area (Å²) in [5.74, 6) is 0. The first kappa shape index (κ1) is 9.16. The van der Waals surface area contributed by atoms with E-state index in [4.69, 9.17) is 0 Å². The minimum absolute atomic E-state index is 0.157. The van der Waals surface area contributed by atoms with Crippen LogP contribution in [-0.4, -0.2) is 10.5 Å². The fraction of sp³-hybridized carbons (Fsp3) is 0.444. The van der Waals surface area contributed by atoms with Crippen LogP contribution in [-0.2, 0) is 0 Å². The summed E-state index contributed by atoms with van der Waals surface area (Å²) < 4.78 is 0. The van der Waals surface area contributed by atoms with Crippen LogP contribution in [0.25, 0.3) is 0 Å². The average Bonchev–Trinajstić information content (AvgIpc) is 2.03. The molecule has 1 rings (SSSR count). The molecule has 12 heavy (non-hydrogen) atoms. The van der Waals surface area contributed by atoms with Gasteiger partial charge in [0.15, 0.2) is 0 Å².